The van der Waals surface area contributed by atoms with Gasteiger partial charge >= 0.3 is 6.03 Å². The standard InChI is InChI=1S/C9H9N3O4S/c1-10-9(14)11-5-2-3-6-7(4-5)17(15,16)12-8(6)13/h2-4H,1H3,(H,12,13)(H2,10,11,14). The average Bonchev–Trinajstić information content (AvgIpc) is 2.49. The van der Waals surface area contributed by atoms with Gasteiger partial charge in [0.25, 0.3) is 15.9 Å². The summed E-state index contributed by atoms with van der Waals surface area (Å²) >= 11 is 0. The normalized spacial score (nSPS) is 15.9. The summed E-state index contributed by atoms with van der Waals surface area (Å²) < 4.78 is 24.9. The molecule has 0 saturated heterocycles. The minimum atomic E-state index is -3.79. The monoisotopic (exact) mass is 255 g/mol. The second kappa shape index (κ2) is 3.74. The Bertz CT molecular complexity index is 609. The second-order valence-corrected chi connectivity index (χ2v) is 5.00. The molecular formula is C9H9N3O4S. The summed E-state index contributed by atoms with van der Waals surface area (Å²) in [7, 11) is -2.36. The van der Waals surface area contributed by atoms with Gasteiger partial charge < -0.3 is 10.6 Å². The minimum Gasteiger partial charge on any atom is -0.341 e. The molecule has 7 nitrogen and oxygen atoms in total. The van der Waals surface area contributed by atoms with Crippen LogP contribution in [-0.4, -0.2) is 27.4 Å². The van der Waals surface area contributed by atoms with Crippen molar-refractivity contribution in [2.45, 2.75) is 4.90 Å². The molecule has 90 valence electrons. The van der Waals surface area contributed by atoms with Gasteiger partial charge in [-0.05, 0) is 18.2 Å². The van der Waals surface area contributed by atoms with E-state index in [1.165, 1.54) is 25.2 Å². The number of amides is 3. The number of rotatable bonds is 1. The first-order valence-corrected chi connectivity index (χ1v) is 6.12. The average molecular weight is 255 g/mol. The molecule has 3 amide bonds. The van der Waals surface area contributed by atoms with Gasteiger partial charge in [0, 0.05) is 12.7 Å². The van der Waals surface area contributed by atoms with Gasteiger partial charge in [-0.2, -0.15) is 0 Å². The highest BCUT2D eigenvalue weighted by Crippen LogP contribution is 2.25. The van der Waals surface area contributed by atoms with E-state index in [0.29, 0.717) is 5.69 Å². The molecule has 17 heavy (non-hydrogen) atoms. The lowest BCUT2D eigenvalue weighted by Gasteiger charge is -2.04. The Kier molecular flexibility index (Phi) is 2.50. The van der Waals surface area contributed by atoms with Crippen molar-refractivity contribution in [2.24, 2.45) is 0 Å². The number of urea groups is 1. The summed E-state index contributed by atoms with van der Waals surface area (Å²) in [6.07, 6.45) is 0. The molecule has 1 aromatic carbocycles. The molecule has 1 aliphatic heterocycles. The predicted molar refractivity (Wildman–Crippen MR) is 59.2 cm³/mol. The van der Waals surface area contributed by atoms with Gasteiger partial charge in [-0.25, -0.2) is 17.9 Å². The van der Waals surface area contributed by atoms with Gasteiger partial charge in [0.15, 0.2) is 0 Å². The van der Waals surface area contributed by atoms with Crippen LogP contribution in [0.5, 0.6) is 0 Å². The first kappa shape index (κ1) is 11.4. The number of nitrogens with one attached hydrogen (secondary N) is 3. The fourth-order valence-electron chi connectivity index (χ4n) is 1.44. The van der Waals surface area contributed by atoms with E-state index in [9.17, 15) is 18.0 Å². The maximum atomic E-state index is 11.5. The zero-order valence-electron chi connectivity index (χ0n) is 8.77. The van der Waals surface area contributed by atoms with Gasteiger partial charge in [0.2, 0.25) is 0 Å². The van der Waals surface area contributed by atoms with Crippen LogP contribution in [0.2, 0.25) is 0 Å². The first-order valence-electron chi connectivity index (χ1n) is 4.64. The number of hydrogen-bond acceptors (Lipinski definition) is 4. The van der Waals surface area contributed by atoms with Crippen molar-refractivity contribution in [1.82, 2.24) is 10.0 Å². The van der Waals surface area contributed by atoms with Crippen molar-refractivity contribution in [1.29, 1.82) is 0 Å². The highest BCUT2D eigenvalue weighted by Gasteiger charge is 2.32. The fraction of sp³-hybridized carbons (Fsp3) is 0.111. The summed E-state index contributed by atoms with van der Waals surface area (Å²) in [6.45, 7) is 0. The molecule has 1 heterocycles. The van der Waals surface area contributed by atoms with Crippen LogP contribution in [0.15, 0.2) is 23.1 Å². The Morgan fingerprint density at radius 2 is 2.06 bits per heavy atom. The van der Waals surface area contributed by atoms with E-state index in [1.54, 1.807) is 0 Å². The molecule has 0 aromatic heterocycles. The quantitative estimate of drug-likeness (QED) is 0.650. The van der Waals surface area contributed by atoms with Crippen molar-refractivity contribution < 1.29 is 18.0 Å². The van der Waals surface area contributed by atoms with E-state index in [1.807, 2.05) is 4.72 Å². The van der Waals surface area contributed by atoms with Gasteiger partial charge in [0.1, 0.15) is 4.90 Å². The summed E-state index contributed by atoms with van der Waals surface area (Å²) in [5.74, 6) is -0.661. The largest absolute Gasteiger partial charge is 0.341 e. The number of carbonyl (C=O) groups excluding carboxylic acids is 2. The Hall–Kier alpha value is -2.09. The zero-order valence-corrected chi connectivity index (χ0v) is 9.59. The maximum Gasteiger partial charge on any atom is 0.318 e. The topological polar surface area (TPSA) is 104 Å². The van der Waals surface area contributed by atoms with E-state index >= 15 is 0 Å². The highest BCUT2D eigenvalue weighted by molar-refractivity contribution is 7.90. The van der Waals surface area contributed by atoms with E-state index in [2.05, 4.69) is 10.6 Å². The molecule has 1 aromatic rings. The van der Waals surface area contributed by atoms with E-state index in [0.717, 1.165) is 0 Å². The number of sulfonamides is 1. The Labute approximate surface area is 97.3 Å². The third kappa shape index (κ3) is 1.94. The third-order valence-corrected chi connectivity index (χ3v) is 3.60. The van der Waals surface area contributed by atoms with Gasteiger partial charge in [0.05, 0.1) is 5.56 Å². The molecule has 1 aliphatic rings. The Morgan fingerprint density at radius 1 is 1.35 bits per heavy atom. The van der Waals surface area contributed by atoms with Crippen molar-refractivity contribution in [3.05, 3.63) is 23.8 Å². The number of benzene rings is 1. The van der Waals surface area contributed by atoms with Crippen molar-refractivity contribution in [3.8, 4) is 0 Å². The van der Waals surface area contributed by atoms with E-state index < -0.39 is 22.0 Å². The molecule has 0 atom stereocenters. The van der Waals surface area contributed by atoms with Crippen LogP contribution >= 0.6 is 0 Å². The maximum absolute atomic E-state index is 11.5. The van der Waals surface area contributed by atoms with Crippen LogP contribution in [0.25, 0.3) is 0 Å². The third-order valence-electron chi connectivity index (χ3n) is 2.23. The molecule has 0 aliphatic carbocycles. The van der Waals surface area contributed by atoms with E-state index in [-0.39, 0.29) is 10.5 Å². The lowest BCUT2D eigenvalue weighted by molar-refractivity contribution is 0.0985. The molecular weight excluding hydrogens is 246 g/mol. The van der Waals surface area contributed by atoms with Gasteiger partial charge in [-0.3, -0.25) is 4.79 Å². The zero-order chi connectivity index (χ0) is 12.6. The van der Waals surface area contributed by atoms with Gasteiger partial charge in [-0.1, -0.05) is 0 Å². The van der Waals surface area contributed by atoms with Crippen LogP contribution in [0, 0.1) is 0 Å². The molecule has 0 spiro atoms. The van der Waals surface area contributed by atoms with Crippen LogP contribution in [0.3, 0.4) is 0 Å². The Morgan fingerprint density at radius 3 is 2.71 bits per heavy atom. The summed E-state index contributed by atoms with van der Waals surface area (Å²) in [5.41, 5.74) is 0.371. The van der Waals surface area contributed by atoms with Crippen LogP contribution in [-0.2, 0) is 10.0 Å². The first-order chi connectivity index (χ1) is 7.94. The molecule has 0 radical (unpaired) electrons. The summed E-state index contributed by atoms with van der Waals surface area (Å²) in [6, 6.07) is 3.56. The number of carbonyl (C=O) groups is 2. The van der Waals surface area contributed by atoms with Crippen molar-refractivity contribution in [2.75, 3.05) is 12.4 Å². The van der Waals surface area contributed by atoms with Crippen LogP contribution in [0.1, 0.15) is 10.4 Å². The summed E-state index contributed by atoms with van der Waals surface area (Å²) in [5, 5.41) is 4.75. The molecule has 3 N–H and O–H groups in total. The van der Waals surface area contributed by atoms with E-state index in [4.69, 9.17) is 0 Å². The summed E-state index contributed by atoms with van der Waals surface area (Å²) in [4.78, 5) is 22.2. The lowest BCUT2D eigenvalue weighted by atomic mass is 10.2. The fourth-order valence-corrected chi connectivity index (χ4v) is 2.63. The molecule has 8 heteroatoms. The smallest absolute Gasteiger partial charge is 0.318 e. The molecule has 2 rings (SSSR count). The second-order valence-electron chi connectivity index (χ2n) is 3.35. The predicted octanol–water partition coefficient (Wildman–Crippen LogP) is -0.130. The number of fused-ring (bicyclic) bond motifs is 1. The van der Waals surface area contributed by atoms with Crippen molar-refractivity contribution in [3.63, 3.8) is 0 Å². The number of hydrogen-bond donors (Lipinski definition) is 3. The lowest BCUT2D eigenvalue weighted by Crippen LogP contribution is -2.24. The van der Waals surface area contributed by atoms with Gasteiger partial charge in [-0.15, -0.1) is 0 Å². The molecule has 0 saturated carbocycles. The van der Waals surface area contributed by atoms with Crippen molar-refractivity contribution >= 4 is 27.6 Å². The number of anilines is 1. The minimum absolute atomic E-state index is 0.0763. The molecule has 0 fully saturated rings. The molecule has 0 bridgehead atoms. The SMILES string of the molecule is CNC(=O)Nc1ccc2c(c1)S(=O)(=O)NC2=O. The highest BCUT2D eigenvalue weighted by atomic mass is 32.2. The van der Waals surface area contributed by atoms with Crippen LogP contribution in [0.4, 0.5) is 10.5 Å². The Balaban J connectivity index is 2.45. The van der Waals surface area contributed by atoms with Crippen LogP contribution < -0.4 is 15.4 Å². The molecule has 0 unspecified atom stereocenters.